The van der Waals surface area contributed by atoms with Crippen LogP contribution >= 0.6 is 11.6 Å². The molecule has 3 nitrogen and oxygen atoms in total. The third-order valence-electron chi connectivity index (χ3n) is 4.91. The molecule has 1 aromatic rings. The van der Waals surface area contributed by atoms with Crippen molar-refractivity contribution >= 4 is 17.5 Å². The average molecular weight is 319 g/mol. The molecule has 1 aliphatic heterocycles. The Labute approximate surface area is 137 Å². The van der Waals surface area contributed by atoms with E-state index in [0.717, 1.165) is 29.8 Å². The van der Waals surface area contributed by atoms with E-state index in [-0.39, 0.29) is 11.9 Å². The fourth-order valence-corrected chi connectivity index (χ4v) is 3.65. The monoisotopic (exact) mass is 318 g/mol. The largest absolute Gasteiger partial charge is 0.271 e. The lowest BCUT2D eigenvalue weighted by Gasteiger charge is -2.59. The third-order valence-corrected chi connectivity index (χ3v) is 5.28. The fourth-order valence-electron chi connectivity index (χ4n) is 3.45. The predicted molar refractivity (Wildman–Crippen MR) is 89.3 cm³/mol. The molecule has 1 heterocycles. The van der Waals surface area contributed by atoms with E-state index in [1.807, 2.05) is 43.1 Å². The topological polar surface area (TPSA) is 23.6 Å². The molecule has 3 rings (SSSR count). The third kappa shape index (κ3) is 2.46. The Hall–Kier alpha value is -1.32. The maximum Gasteiger partial charge on any atom is 0.259 e. The number of hydrogen-bond acceptors (Lipinski definition) is 2. The second-order valence-corrected chi connectivity index (χ2v) is 7.18. The summed E-state index contributed by atoms with van der Waals surface area (Å²) < 4.78 is 0. The molecule has 2 aliphatic rings. The Balaban J connectivity index is 1.85. The molecule has 0 aromatic heterocycles. The lowest BCUT2D eigenvalue weighted by molar-refractivity contribution is -0.227. The zero-order valence-corrected chi connectivity index (χ0v) is 14.1. The minimum absolute atomic E-state index is 0.150. The molecule has 0 bridgehead atoms. The highest BCUT2D eigenvalue weighted by atomic mass is 35.5. The van der Waals surface area contributed by atoms with E-state index in [4.69, 9.17) is 11.6 Å². The van der Waals surface area contributed by atoms with Gasteiger partial charge >= 0.3 is 0 Å². The van der Waals surface area contributed by atoms with E-state index >= 15 is 0 Å². The molecular weight excluding hydrogens is 296 g/mol. The number of carbonyl (C=O) groups excluding carboxylic acids is 1. The Morgan fingerprint density at radius 3 is 2.73 bits per heavy atom. The molecule has 1 unspecified atom stereocenters. The summed E-state index contributed by atoms with van der Waals surface area (Å²) in [4.78, 5) is 12.6. The van der Waals surface area contributed by atoms with Crippen molar-refractivity contribution in [1.82, 2.24) is 10.0 Å². The van der Waals surface area contributed by atoms with Gasteiger partial charge in [-0.25, -0.2) is 0 Å². The first-order valence-electron chi connectivity index (χ1n) is 7.95. The van der Waals surface area contributed by atoms with Crippen LogP contribution in [0.1, 0.15) is 45.1 Å². The summed E-state index contributed by atoms with van der Waals surface area (Å²) in [5.74, 6) is 0.188. The maximum absolute atomic E-state index is 12.6. The summed E-state index contributed by atoms with van der Waals surface area (Å²) >= 11 is 6.29. The van der Waals surface area contributed by atoms with Gasteiger partial charge in [0.05, 0.1) is 6.04 Å². The zero-order chi connectivity index (χ0) is 15.9. The number of halogens is 1. The molecule has 118 valence electrons. The van der Waals surface area contributed by atoms with Crippen LogP contribution in [0.25, 0.3) is 0 Å². The van der Waals surface area contributed by atoms with Crippen molar-refractivity contribution in [1.29, 1.82) is 0 Å². The van der Waals surface area contributed by atoms with Crippen LogP contribution in [-0.4, -0.2) is 27.5 Å². The first kappa shape index (κ1) is 15.6. The van der Waals surface area contributed by atoms with Gasteiger partial charge < -0.3 is 0 Å². The summed E-state index contributed by atoms with van der Waals surface area (Å²) in [5, 5.41) is 4.82. The van der Waals surface area contributed by atoms with Crippen molar-refractivity contribution in [2.24, 2.45) is 0 Å². The van der Waals surface area contributed by atoms with E-state index in [2.05, 4.69) is 11.6 Å². The van der Waals surface area contributed by atoms with E-state index in [0.29, 0.717) is 6.54 Å². The van der Waals surface area contributed by atoms with Crippen molar-refractivity contribution in [3.05, 3.63) is 47.0 Å². The molecule has 0 radical (unpaired) electrons. The first-order valence-corrected chi connectivity index (χ1v) is 8.33. The van der Waals surface area contributed by atoms with Gasteiger partial charge in [-0.2, -0.15) is 5.01 Å². The molecule has 1 aromatic carbocycles. The minimum Gasteiger partial charge on any atom is -0.271 e. The second-order valence-electron chi connectivity index (χ2n) is 6.78. The number of nitrogens with zero attached hydrogens (tertiary/aromatic N) is 2. The van der Waals surface area contributed by atoms with Crippen molar-refractivity contribution in [3.63, 3.8) is 0 Å². The number of benzene rings is 1. The molecule has 0 spiro atoms. The number of amides is 1. The van der Waals surface area contributed by atoms with Gasteiger partial charge in [-0.1, -0.05) is 48.4 Å². The van der Waals surface area contributed by atoms with Gasteiger partial charge in [0, 0.05) is 11.6 Å². The summed E-state index contributed by atoms with van der Waals surface area (Å²) in [6.45, 7) is 8.81. The smallest absolute Gasteiger partial charge is 0.259 e. The SMILES string of the molecule is C=C1CCCCC1N1C(=O)C(C)(C)N1Cc1ccccc1Cl. The van der Waals surface area contributed by atoms with Gasteiger partial charge in [-0.15, -0.1) is 0 Å². The Morgan fingerprint density at radius 2 is 2.05 bits per heavy atom. The highest BCUT2D eigenvalue weighted by molar-refractivity contribution is 6.31. The molecule has 1 saturated carbocycles. The van der Waals surface area contributed by atoms with E-state index in [1.165, 1.54) is 12.0 Å². The van der Waals surface area contributed by atoms with Crippen molar-refractivity contribution in [2.45, 2.75) is 57.7 Å². The molecule has 1 saturated heterocycles. The quantitative estimate of drug-likeness (QED) is 0.781. The van der Waals surface area contributed by atoms with Crippen molar-refractivity contribution in [3.8, 4) is 0 Å². The van der Waals surface area contributed by atoms with Gasteiger partial charge in [0.15, 0.2) is 0 Å². The Bertz CT molecular complexity index is 611. The summed E-state index contributed by atoms with van der Waals surface area (Å²) in [5.41, 5.74) is 1.76. The van der Waals surface area contributed by atoms with Crippen molar-refractivity contribution < 1.29 is 4.79 Å². The Kier molecular flexibility index (Phi) is 4.04. The number of hydrogen-bond donors (Lipinski definition) is 0. The Morgan fingerprint density at radius 1 is 1.32 bits per heavy atom. The van der Waals surface area contributed by atoms with Crippen LogP contribution in [0, 0.1) is 0 Å². The number of rotatable bonds is 3. The summed E-state index contributed by atoms with van der Waals surface area (Å²) in [6.07, 6.45) is 4.38. The lowest BCUT2D eigenvalue weighted by Crippen LogP contribution is -2.76. The van der Waals surface area contributed by atoms with Gasteiger partial charge in [0.2, 0.25) is 0 Å². The van der Waals surface area contributed by atoms with Crippen LogP contribution in [0.5, 0.6) is 0 Å². The highest BCUT2D eigenvalue weighted by Gasteiger charge is 2.55. The van der Waals surface area contributed by atoms with Gasteiger partial charge in [-0.05, 0) is 44.7 Å². The molecule has 1 atom stereocenters. The summed E-state index contributed by atoms with van der Waals surface area (Å²) in [7, 11) is 0. The number of hydrazine groups is 1. The average Bonchev–Trinajstić information content (AvgIpc) is 2.50. The molecule has 1 aliphatic carbocycles. The molecule has 2 fully saturated rings. The second kappa shape index (κ2) is 5.71. The highest BCUT2D eigenvalue weighted by Crippen LogP contribution is 2.40. The van der Waals surface area contributed by atoms with E-state index < -0.39 is 5.54 Å². The first-order chi connectivity index (χ1) is 10.4. The molecule has 22 heavy (non-hydrogen) atoms. The molecule has 0 N–H and O–H groups in total. The number of carbonyl (C=O) groups is 1. The van der Waals surface area contributed by atoms with Crippen LogP contribution in [0.3, 0.4) is 0 Å². The molecule has 4 heteroatoms. The van der Waals surface area contributed by atoms with E-state index in [9.17, 15) is 4.79 Å². The zero-order valence-electron chi connectivity index (χ0n) is 13.3. The molecular formula is C18H23ClN2O. The van der Waals surface area contributed by atoms with Crippen LogP contribution in [0.15, 0.2) is 36.4 Å². The van der Waals surface area contributed by atoms with Crippen LogP contribution < -0.4 is 0 Å². The molecule has 1 amide bonds. The maximum atomic E-state index is 12.6. The van der Waals surface area contributed by atoms with Crippen molar-refractivity contribution in [2.75, 3.05) is 0 Å². The van der Waals surface area contributed by atoms with Crippen LogP contribution in [0.4, 0.5) is 0 Å². The van der Waals surface area contributed by atoms with E-state index in [1.54, 1.807) is 0 Å². The fraction of sp³-hybridized carbons (Fsp3) is 0.500. The van der Waals surface area contributed by atoms with Crippen LogP contribution in [-0.2, 0) is 11.3 Å². The van der Waals surface area contributed by atoms with Gasteiger partial charge in [0.1, 0.15) is 5.54 Å². The normalized spacial score (nSPS) is 25.2. The minimum atomic E-state index is -0.475. The predicted octanol–water partition coefficient (Wildman–Crippen LogP) is 4.18. The van der Waals surface area contributed by atoms with Gasteiger partial charge in [0.25, 0.3) is 5.91 Å². The standard InChI is InChI=1S/C18H23ClN2O/c1-13-8-4-7-11-16(13)21-17(22)18(2,3)20(21)12-14-9-5-6-10-15(14)19/h5-6,9-10,16H,1,4,7-8,11-12H2,2-3H3. The van der Waals surface area contributed by atoms with Gasteiger partial charge in [-0.3, -0.25) is 9.80 Å². The lowest BCUT2D eigenvalue weighted by atomic mass is 9.86. The summed E-state index contributed by atoms with van der Waals surface area (Å²) in [6, 6.07) is 7.99. The van der Waals surface area contributed by atoms with Crippen LogP contribution in [0.2, 0.25) is 5.02 Å².